The van der Waals surface area contributed by atoms with E-state index in [1.54, 1.807) is 0 Å². The Bertz CT molecular complexity index is 651. The van der Waals surface area contributed by atoms with Crippen LogP contribution in [0.5, 0.6) is 0 Å². The first-order valence-corrected chi connectivity index (χ1v) is 7.61. The summed E-state index contributed by atoms with van der Waals surface area (Å²) in [4.78, 5) is 13.9. The second-order valence-electron chi connectivity index (χ2n) is 5.94. The SMILES string of the molecule is CNCC1CCc2nc(-c3cc(C)ccn3)nc(C)c2C1. The van der Waals surface area contributed by atoms with E-state index in [4.69, 9.17) is 9.97 Å². The lowest BCUT2D eigenvalue weighted by Crippen LogP contribution is -2.26. The fraction of sp³-hybridized carbons (Fsp3) is 0.471. The molecule has 0 spiro atoms. The summed E-state index contributed by atoms with van der Waals surface area (Å²) >= 11 is 0. The van der Waals surface area contributed by atoms with Gasteiger partial charge in [0.15, 0.2) is 5.82 Å². The maximum atomic E-state index is 4.79. The van der Waals surface area contributed by atoms with Crippen molar-refractivity contribution in [2.75, 3.05) is 13.6 Å². The van der Waals surface area contributed by atoms with Crippen molar-refractivity contribution in [1.82, 2.24) is 20.3 Å². The highest BCUT2D eigenvalue weighted by molar-refractivity contribution is 5.51. The Morgan fingerprint density at radius 3 is 2.90 bits per heavy atom. The third-order valence-corrected chi connectivity index (χ3v) is 4.22. The van der Waals surface area contributed by atoms with Crippen LogP contribution in [-0.2, 0) is 12.8 Å². The van der Waals surface area contributed by atoms with E-state index in [2.05, 4.69) is 24.1 Å². The second kappa shape index (κ2) is 5.90. The zero-order valence-corrected chi connectivity index (χ0v) is 13.0. The zero-order chi connectivity index (χ0) is 14.8. The van der Waals surface area contributed by atoms with Gasteiger partial charge in [0, 0.05) is 17.6 Å². The van der Waals surface area contributed by atoms with E-state index in [1.807, 2.05) is 25.4 Å². The summed E-state index contributed by atoms with van der Waals surface area (Å²) in [5.74, 6) is 1.47. The number of hydrogen-bond acceptors (Lipinski definition) is 4. The number of aromatic nitrogens is 3. The van der Waals surface area contributed by atoms with E-state index in [1.165, 1.54) is 23.2 Å². The van der Waals surface area contributed by atoms with Crippen molar-refractivity contribution in [3.8, 4) is 11.5 Å². The van der Waals surface area contributed by atoms with E-state index >= 15 is 0 Å². The largest absolute Gasteiger partial charge is 0.319 e. The Kier molecular flexibility index (Phi) is 3.97. The van der Waals surface area contributed by atoms with Crippen molar-refractivity contribution < 1.29 is 0 Å². The number of hydrogen-bond donors (Lipinski definition) is 1. The van der Waals surface area contributed by atoms with Crippen LogP contribution in [0.3, 0.4) is 0 Å². The van der Waals surface area contributed by atoms with Crippen molar-refractivity contribution in [2.45, 2.75) is 33.1 Å². The highest BCUT2D eigenvalue weighted by Gasteiger charge is 2.22. The van der Waals surface area contributed by atoms with Crippen LogP contribution < -0.4 is 5.32 Å². The van der Waals surface area contributed by atoms with E-state index in [9.17, 15) is 0 Å². The van der Waals surface area contributed by atoms with Gasteiger partial charge < -0.3 is 5.32 Å². The monoisotopic (exact) mass is 282 g/mol. The summed E-state index contributed by atoms with van der Waals surface area (Å²) in [6.07, 6.45) is 5.16. The van der Waals surface area contributed by atoms with Gasteiger partial charge in [0.25, 0.3) is 0 Å². The van der Waals surface area contributed by atoms with Crippen molar-refractivity contribution in [3.63, 3.8) is 0 Å². The van der Waals surface area contributed by atoms with Crippen LogP contribution in [0.1, 0.15) is 28.9 Å². The van der Waals surface area contributed by atoms with Crippen molar-refractivity contribution >= 4 is 0 Å². The van der Waals surface area contributed by atoms with Gasteiger partial charge in [-0.3, -0.25) is 4.98 Å². The van der Waals surface area contributed by atoms with Crippen LogP contribution >= 0.6 is 0 Å². The van der Waals surface area contributed by atoms with E-state index in [0.29, 0.717) is 5.92 Å². The second-order valence-corrected chi connectivity index (χ2v) is 5.94. The Morgan fingerprint density at radius 2 is 2.14 bits per heavy atom. The Labute approximate surface area is 126 Å². The molecule has 0 amide bonds. The number of nitrogens with zero attached hydrogens (tertiary/aromatic N) is 3. The first-order chi connectivity index (χ1) is 10.2. The lowest BCUT2D eigenvalue weighted by atomic mass is 9.85. The molecular formula is C17H22N4. The molecule has 1 aliphatic carbocycles. The molecule has 0 fully saturated rings. The van der Waals surface area contributed by atoms with Crippen LogP contribution in [0.25, 0.3) is 11.5 Å². The minimum absolute atomic E-state index is 0.702. The molecule has 2 heterocycles. The summed E-state index contributed by atoms with van der Waals surface area (Å²) in [5, 5.41) is 3.28. The first kappa shape index (κ1) is 14.1. The quantitative estimate of drug-likeness (QED) is 0.939. The predicted octanol–water partition coefficient (Wildman–Crippen LogP) is 2.48. The molecule has 1 aliphatic rings. The normalized spacial score (nSPS) is 17.6. The third-order valence-electron chi connectivity index (χ3n) is 4.22. The molecule has 21 heavy (non-hydrogen) atoms. The Hall–Kier alpha value is -1.81. The molecule has 0 saturated heterocycles. The van der Waals surface area contributed by atoms with Crippen LogP contribution in [0, 0.1) is 19.8 Å². The average Bonchev–Trinajstić information content (AvgIpc) is 2.48. The number of nitrogens with one attached hydrogen (secondary N) is 1. The molecule has 1 atom stereocenters. The molecule has 0 aromatic carbocycles. The fourth-order valence-corrected chi connectivity index (χ4v) is 3.10. The number of aryl methyl sites for hydroxylation is 3. The standard InChI is InChI=1S/C17H22N4/c1-11-6-7-19-16(8-11)17-20-12(2)14-9-13(10-18-3)4-5-15(14)21-17/h6-8,13,18H,4-5,9-10H2,1-3H3. The number of pyridine rings is 1. The summed E-state index contributed by atoms with van der Waals surface area (Å²) in [7, 11) is 2.02. The molecule has 110 valence electrons. The van der Waals surface area contributed by atoms with E-state index in [0.717, 1.165) is 36.6 Å². The highest BCUT2D eigenvalue weighted by atomic mass is 14.9. The summed E-state index contributed by atoms with van der Waals surface area (Å²) < 4.78 is 0. The van der Waals surface area contributed by atoms with Gasteiger partial charge in [-0.15, -0.1) is 0 Å². The van der Waals surface area contributed by atoms with Gasteiger partial charge in [0.2, 0.25) is 0 Å². The number of fused-ring (bicyclic) bond motifs is 1. The first-order valence-electron chi connectivity index (χ1n) is 7.61. The summed E-state index contributed by atoms with van der Waals surface area (Å²) in [5.41, 5.74) is 5.73. The Balaban J connectivity index is 1.96. The average molecular weight is 282 g/mol. The Morgan fingerprint density at radius 1 is 1.29 bits per heavy atom. The minimum atomic E-state index is 0.702. The smallest absolute Gasteiger partial charge is 0.178 e. The van der Waals surface area contributed by atoms with Gasteiger partial charge in [-0.05, 0) is 75.9 Å². The molecule has 0 radical (unpaired) electrons. The molecule has 0 saturated carbocycles. The molecule has 2 aromatic rings. The summed E-state index contributed by atoms with van der Waals surface area (Å²) in [6, 6.07) is 4.05. The van der Waals surface area contributed by atoms with E-state index < -0.39 is 0 Å². The van der Waals surface area contributed by atoms with Crippen molar-refractivity contribution in [2.24, 2.45) is 5.92 Å². The lowest BCUT2D eigenvalue weighted by molar-refractivity contribution is 0.433. The lowest BCUT2D eigenvalue weighted by Gasteiger charge is -2.25. The summed E-state index contributed by atoms with van der Waals surface area (Å²) in [6.45, 7) is 5.24. The molecule has 1 N–H and O–H groups in total. The molecule has 4 nitrogen and oxygen atoms in total. The molecule has 2 aromatic heterocycles. The minimum Gasteiger partial charge on any atom is -0.319 e. The molecule has 0 aliphatic heterocycles. The van der Waals surface area contributed by atoms with Crippen molar-refractivity contribution in [1.29, 1.82) is 0 Å². The van der Waals surface area contributed by atoms with Gasteiger partial charge >= 0.3 is 0 Å². The molecule has 1 unspecified atom stereocenters. The fourth-order valence-electron chi connectivity index (χ4n) is 3.10. The zero-order valence-electron chi connectivity index (χ0n) is 13.0. The predicted molar refractivity (Wildman–Crippen MR) is 84.2 cm³/mol. The van der Waals surface area contributed by atoms with Crippen LogP contribution in [0.4, 0.5) is 0 Å². The maximum Gasteiger partial charge on any atom is 0.178 e. The van der Waals surface area contributed by atoms with Crippen LogP contribution in [-0.4, -0.2) is 28.5 Å². The number of rotatable bonds is 3. The molecular weight excluding hydrogens is 260 g/mol. The van der Waals surface area contributed by atoms with Gasteiger partial charge in [-0.2, -0.15) is 0 Å². The highest BCUT2D eigenvalue weighted by Crippen LogP contribution is 2.27. The van der Waals surface area contributed by atoms with Gasteiger partial charge in [0.05, 0.1) is 0 Å². The van der Waals surface area contributed by atoms with Gasteiger partial charge in [0.1, 0.15) is 5.69 Å². The molecule has 0 bridgehead atoms. The van der Waals surface area contributed by atoms with Gasteiger partial charge in [-0.25, -0.2) is 9.97 Å². The molecule has 3 rings (SSSR count). The molecule has 4 heteroatoms. The van der Waals surface area contributed by atoms with Crippen LogP contribution in [0.15, 0.2) is 18.3 Å². The van der Waals surface area contributed by atoms with E-state index in [-0.39, 0.29) is 0 Å². The topological polar surface area (TPSA) is 50.7 Å². The van der Waals surface area contributed by atoms with Crippen LogP contribution in [0.2, 0.25) is 0 Å². The third kappa shape index (κ3) is 2.95. The van der Waals surface area contributed by atoms with Gasteiger partial charge in [-0.1, -0.05) is 0 Å². The maximum absolute atomic E-state index is 4.79. The van der Waals surface area contributed by atoms with Crippen molar-refractivity contribution in [3.05, 3.63) is 40.8 Å².